The van der Waals surface area contributed by atoms with E-state index in [0.29, 0.717) is 12.8 Å². The third-order valence-electron chi connectivity index (χ3n) is 16.0. The Morgan fingerprint density at radius 1 is 0.861 bits per heavy atom. The Labute approximate surface area is 467 Å². The monoisotopic (exact) mass is 1100 g/mol. The van der Waals surface area contributed by atoms with Gasteiger partial charge >= 0.3 is 35.9 Å². The molecule has 1 aliphatic heterocycles. The maximum Gasteiger partial charge on any atom is 0.408 e. The van der Waals surface area contributed by atoms with Crippen molar-refractivity contribution in [3.8, 4) is 0 Å². The molecule has 1 aromatic carbocycles. The molecule has 79 heavy (non-hydrogen) atoms. The summed E-state index contributed by atoms with van der Waals surface area (Å²) in [5.41, 5.74) is -8.70. The van der Waals surface area contributed by atoms with E-state index < -0.39 is 124 Å². The topological polar surface area (TPSA) is 237 Å². The van der Waals surface area contributed by atoms with Crippen LogP contribution in [-0.4, -0.2) is 118 Å². The van der Waals surface area contributed by atoms with Gasteiger partial charge in [-0.25, -0.2) is 14.4 Å². The van der Waals surface area contributed by atoms with E-state index in [2.05, 4.69) is 48.7 Å². The number of ketones is 1. The van der Waals surface area contributed by atoms with Crippen molar-refractivity contribution in [3.63, 3.8) is 0 Å². The molecule has 0 radical (unpaired) electrons. The zero-order valence-electron chi connectivity index (χ0n) is 48.8. The average Bonchev–Trinajstić information content (AvgIpc) is 2.69. The van der Waals surface area contributed by atoms with Gasteiger partial charge in [-0.3, -0.25) is 19.2 Å². The van der Waals surface area contributed by atoms with E-state index in [1.54, 1.807) is 59.7 Å². The molecule has 2 bridgehead atoms. The molecular weight excluding hydrogens is 1010 g/mol. The zero-order valence-corrected chi connectivity index (χ0v) is 48.8. The third-order valence-corrected chi connectivity index (χ3v) is 16.0. The molecule has 1 amide bonds. The molecule has 11 atom stereocenters. The molecule has 0 spiro atoms. The van der Waals surface area contributed by atoms with Crippen LogP contribution in [0.5, 0.6) is 0 Å². The van der Waals surface area contributed by atoms with Crippen LogP contribution in [0.2, 0.25) is 0 Å². The Bertz CT molecular complexity index is 2430. The lowest BCUT2D eigenvalue weighted by Crippen LogP contribution is -2.82. The molecule has 0 aromatic heterocycles. The van der Waals surface area contributed by atoms with E-state index in [0.717, 1.165) is 51.9 Å². The summed E-state index contributed by atoms with van der Waals surface area (Å²) in [6.07, 6.45) is 9.34. The number of Topliss-reactive ketones (excluding diaryl/α,β-unsaturated/α-hetero) is 1. The number of alkyl carbamates (subject to hydrolysis) is 1. The molecule has 1 heterocycles. The van der Waals surface area contributed by atoms with Crippen molar-refractivity contribution in [3.05, 3.63) is 83.5 Å². The fourth-order valence-electron chi connectivity index (χ4n) is 11.8. The fourth-order valence-corrected chi connectivity index (χ4v) is 11.8. The predicted molar refractivity (Wildman–Crippen MR) is 295 cm³/mol. The summed E-state index contributed by atoms with van der Waals surface area (Å²) in [6.45, 7) is 19.4. The van der Waals surface area contributed by atoms with Crippen LogP contribution in [0.3, 0.4) is 0 Å². The lowest BCUT2D eigenvalue weighted by molar-refractivity contribution is -0.346. The minimum Gasteiger partial charge on any atom is -0.455 e. The van der Waals surface area contributed by atoms with Crippen LogP contribution in [0, 0.1) is 22.7 Å². The number of benzene rings is 1. The van der Waals surface area contributed by atoms with E-state index >= 15 is 9.59 Å². The number of hydrogen-bond acceptors (Lipinski definition) is 16. The highest BCUT2D eigenvalue weighted by molar-refractivity contribution is 5.96. The van der Waals surface area contributed by atoms with Crippen molar-refractivity contribution in [1.82, 2.24) is 5.32 Å². The van der Waals surface area contributed by atoms with Crippen LogP contribution in [0.25, 0.3) is 0 Å². The van der Waals surface area contributed by atoms with Crippen molar-refractivity contribution < 1.29 is 76.9 Å². The Morgan fingerprint density at radius 2 is 1.49 bits per heavy atom. The minimum atomic E-state index is -2.43. The molecule has 2 saturated carbocycles. The predicted octanol–water partition coefficient (Wildman–Crippen LogP) is 10.0. The van der Waals surface area contributed by atoms with Gasteiger partial charge < -0.3 is 48.7 Å². The SMILES string of the molecule is CCC/C=C\C/C=C\C/C=C\CCCCCCC(=O)O[C@@H](C(=O)O[C@H]1C[C@@]2(O)C(OC(=O)c3ccccc3)C3[C@](C)(C(=O)[C@H](OC(=O)CC)C(=C1C)C2(C)C)[C@@H](O)C[C@H]1OC[C@@]31OC(C)=O)[C@H](CC(C)C)NC(=O)OC(C)(C)C. The van der Waals surface area contributed by atoms with Crippen molar-refractivity contribution in [2.45, 2.75) is 232 Å². The van der Waals surface area contributed by atoms with Crippen LogP contribution in [0.15, 0.2) is 77.9 Å². The number of carbonyl (C=O) groups excluding carboxylic acids is 7. The second kappa shape index (κ2) is 27.7. The summed E-state index contributed by atoms with van der Waals surface area (Å²) in [4.78, 5) is 99.8. The molecule has 5 rings (SSSR count). The number of amides is 1. The first kappa shape index (κ1) is 64.2. The maximum absolute atomic E-state index is 15.9. The number of nitrogens with one attached hydrogen (secondary N) is 1. The quantitative estimate of drug-likeness (QED) is 0.0357. The number of esters is 5. The normalized spacial score (nSPS) is 28.2. The largest absolute Gasteiger partial charge is 0.455 e. The first-order valence-electron chi connectivity index (χ1n) is 28.4. The Kier molecular flexibility index (Phi) is 22.5. The molecule has 4 aliphatic rings. The van der Waals surface area contributed by atoms with Crippen LogP contribution in [0.4, 0.5) is 4.79 Å². The van der Waals surface area contributed by atoms with Crippen molar-refractivity contribution in [2.24, 2.45) is 22.7 Å². The zero-order chi connectivity index (χ0) is 58.5. The first-order valence-corrected chi connectivity index (χ1v) is 28.4. The lowest BCUT2D eigenvalue weighted by atomic mass is 9.44. The number of hydrogen-bond donors (Lipinski definition) is 3. The van der Waals surface area contributed by atoms with E-state index in [1.165, 1.54) is 26.0 Å². The van der Waals surface area contributed by atoms with Gasteiger partial charge in [0.15, 0.2) is 17.5 Å². The highest BCUT2D eigenvalue weighted by atomic mass is 16.6. The average molecular weight is 1100 g/mol. The highest BCUT2D eigenvalue weighted by Crippen LogP contribution is 2.64. The van der Waals surface area contributed by atoms with Crippen molar-refractivity contribution in [2.75, 3.05) is 6.61 Å². The van der Waals surface area contributed by atoms with Gasteiger partial charge in [0.05, 0.1) is 35.6 Å². The molecule has 17 heteroatoms. The van der Waals surface area contributed by atoms with Gasteiger partial charge in [0.2, 0.25) is 6.10 Å². The van der Waals surface area contributed by atoms with E-state index in [1.807, 2.05) is 13.8 Å². The van der Waals surface area contributed by atoms with Crippen molar-refractivity contribution in [1.29, 1.82) is 0 Å². The van der Waals surface area contributed by atoms with Gasteiger partial charge in [-0.2, -0.15) is 0 Å². The van der Waals surface area contributed by atoms with Crippen LogP contribution in [-0.2, 0) is 57.1 Å². The fraction of sp³-hybridized carbons (Fsp3) is 0.661. The molecule has 3 aliphatic carbocycles. The Morgan fingerprint density at radius 3 is 2.08 bits per heavy atom. The van der Waals surface area contributed by atoms with Gasteiger partial charge in [0.25, 0.3) is 0 Å². The number of aliphatic hydroxyl groups excluding tert-OH is 1. The molecule has 3 fully saturated rings. The highest BCUT2D eigenvalue weighted by Gasteiger charge is 2.78. The summed E-state index contributed by atoms with van der Waals surface area (Å²) < 4.78 is 42.8. The molecule has 2 unspecified atom stereocenters. The number of ether oxygens (including phenoxy) is 7. The Hall–Kier alpha value is -5.65. The second-order valence-electron chi connectivity index (χ2n) is 23.8. The van der Waals surface area contributed by atoms with Gasteiger partial charge in [-0.05, 0) is 109 Å². The molecule has 1 saturated heterocycles. The smallest absolute Gasteiger partial charge is 0.408 e. The molecule has 17 nitrogen and oxygen atoms in total. The first-order chi connectivity index (χ1) is 37.2. The standard InChI is InChI=1S/C62H89NO16/c1-13-15-16-17-18-19-20-21-22-23-24-25-26-27-31-34-48(67)76-50(43(35-39(3)4)63-57(71)79-58(7,8)9)56(70)74-44-37-62(72)54(77-55(69)42-32-29-28-30-33-42)52-60(12,45(65)36-46-61(52,38-73-46)78-41(6)64)53(68)51(75-47(66)14-2)49(40(44)5)59(62,10)11/h16-17,19-20,22-23,28-30,32-33,39,43-46,50-52,54,65,72H,13-15,18,21,24-27,31,34-38H2,1-12H3,(H,63,71)/b17-16-,20-19-,23-22-/t43-,44-,45-,46+,50+,51+,52?,54?,60+,61-,62+/m0/s1. The van der Waals surface area contributed by atoms with Gasteiger partial charge in [-0.1, -0.05) is 115 Å². The maximum atomic E-state index is 15.9. The number of aliphatic hydroxyl groups is 2. The molecule has 1 aromatic rings. The van der Waals surface area contributed by atoms with Crippen LogP contribution in [0.1, 0.15) is 183 Å². The van der Waals surface area contributed by atoms with Crippen molar-refractivity contribution >= 4 is 41.7 Å². The number of allylic oxidation sites excluding steroid dienone is 6. The van der Waals surface area contributed by atoms with E-state index in [-0.39, 0.29) is 54.9 Å². The summed E-state index contributed by atoms with van der Waals surface area (Å²) in [5, 5.41) is 29.0. The van der Waals surface area contributed by atoms with Gasteiger partial charge in [0, 0.05) is 38.0 Å². The van der Waals surface area contributed by atoms with E-state index in [4.69, 9.17) is 33.2 Å². The van der Waals surface area contributed by atoms with E-state index in [9.17, 15) is 34.2 Å². The second-order valence-corrected chi connectivity index (χ2v) is 23.8. The van der Waals surface area contributed by atoms with Gasteiger partial charge in [-0.15, -0.1) is 0 Å². The third kappa shape index (κ3) is 15.2. The molecule has 438 valence electrons. The summed E-state index contributed by atoms with van der Waals surface area (Å²) in [6, 6.07) is 6.69. The number of fused-ring (bicyclic) bond motifs is 5. The minimum absolute atomic E-state index is 0.00399. The molecular formula is C62H89NO16. The van der Waals surface area contributed by atoms with Crippen LogP contribution < -0.4 is 5.32 Å². The number of carbonyl (C=O) groups is 7. The van der Waals surface area contributed by atoms with Crippen LogP contribution >= 0.6 is 0 Å². The number of unbranched alkanes of at least 4 members (excludes halogenated alkanes) is 5. The summed E-state index contributed by atoms with van der Waals surface area (Å²) >= 11 is 0. The summed E-state index contributed by atoms with van der Waals surface area (Å²) in [5.74, 6) is -6.99. The molecule has 3 N–H and O–H groups in total. The Balaban J connectivity index is 1.55. The summed E-state index contributed by atoms with van der Waals surface area (Å²) in [7, 11) is 0. The number of rotatable bonds is 25. The lowest BCUT2D eigenvalue weighted by Gasteiger charge is -2.67. The van der Waals surface area contributed by atoms with Gasteiger partial charge in [0.1, 0.15) is 29.5 Å².